The van der Waals surface area contributed by atoms with Gasteiger partial charge in [0.05, 0.1) is 18.8 Å². The van der Waals surface area contributed by atoms with Crippen molar-refractivity contribution in [2.45, 2.75) is 50.0 Å². The lowest BCUT2D eigenvalue weighted by Gasteiger charge is -2.45. The van der Waals surface area contributed by atoms with Gasteiger partial charge in [-0.1, -0.05) is 0 Å². The predicted molar refractivity (Wildman–Crippen MR) is 82.5 cm³/mol. The average molecular weight is 328 g/mol. The largest absolute Gasteiger partial charge is 0.395 e. The Kier molecular flexibility index (Phi) is 5.22. The van der Waals surface area contributed by atoms with Gasteiger partial charge >= 0.3 is 0 Å². The Balaban J connectivity index is 1.51. The molecule has 2 saturated heterocycles. The highest BCUT2D eigenvalue weighted by Gasteiger charge is 2.42. The maximum absolute atomic E-state index is 12.1. The Bertz CT molecular complexity index is 423. The molecule has 0 spiro atoms. The Morgan fingerprint density at radius 1 is 1.00 bits per heavy atom. The first-order valence-electron chi connectivity index (χ1n) is 8.69. The predicted octanol–water partition coefficient (Wildman–Crippen LogP) is -1.61. The number of hydrogen-bond acceptors (Lipinski definition) is 6. The molecule has 7 heteroatoms. The summed E-state index contributed by atoms with van der Waals surface area (Å²) in [6, 6.07) is -0.542. The van der Waals surface area contributed by atoms with E-state index in [1.165, 1.54) is 0 Å². The van der Waals surface area contributed by atoms with Crippen LogP contribution in [0.4, 0.5) is 0 Å². The van der Waals surface area contributed by atoms with E-state index in [2.05, 4.69) is 0 Å². The van der Waals surface area contributed by atoms with E-state index < -0.39 is 24.4 Å². The number of piperidine rings is 2. The summed E-state index contributed by atoms with van der Waals surface area (Å²) in [6.45, 7) is 2.21. The van der Waals surface area contributed by atoms with Crippen molar-refractivity contribution in [3.8, 4) is 0 Å². The zero-order valence-electron chi connectivity index (χ0n) is 13.4. The zero-order valence-corrected chi connectivity index (χ0v) is 13.4. The van der Waals surface area contributed by atoms with Gasteiger partial charge in [0.2, 0.25) is 5.91 Å². The molecular weight excluding hydrogens is 300 g/mol. The first-order valence-corrected chi connectivity index (χ1v) is 8.69. The van der Waals surface area contributed by atoms with Crippen molar-refractivity contribution < 1.29 is 25.2 Å². The van der Waals surface area contributed by atoms with Gasteiger partial charge in [-0.15, -0.1) is 0 Å². The highest BCUT2D eigenvalue weighted by molar-refractivity contribution is 5.81. The van der Waals surface area contributed by atoms with Crippen molar-refractivity contribution in [3.05, 3.63) is 0 Å². The molecule has 3 fully saturated rings. The summed E-state index contributed by atoms with van der Waals surface area (Å²) in [4.78, 5) is 15.9. The quantitative estimate of drug-likeness (QED) is 0.495. The van der Waals surface area contributed by atoms with E-state index in [9.17, 15) is 25.2 Å². The van der Waals surface area contributed by atoms with Crippen LogP contribution in [-0.4, -0.2) is 93.3 Å². The van der Waals surface area contributed by atoms with Crippen LogP contribution in [0.1, 0.15) is 25.7 Å². The maximum Gasteiger partial charge on any atom is 0.225 e. The molecule has 132 valence electrons. The number of hydrogen-bond donors (Lipinski definition) is 4. The second kappa shape index (κ2) is 7.03. The van der Waals surface area contributed by atoms with Crippen molar-refractivity contribution in [1.82, 2.24) is 9.80 Å². The Labute approximate surface area is 136 Å². The number of amides is 1. The third kappa shape index (κ3) is 3.69. The summed E-state index contributed by atoms with van der Waals surface area (Å²) in [7, 11) is 0. The van der Waals surface area contributed by atoms with Crippen LogP contribution in [0.2, 0.25) is 0 Å². The van der Waals surface area contributed by atoms with Crippen molar-refractivity contribution in [3.63, 3.8) is 0 Å². The lowest BCUT2D eigenvalue weighted by Crippen LogP contribution is -2.63. The fraction of sp³-hybridized carbons (Fsp3) is 0.938. The van der Waals surface area contributed by atoms with E-state index in [0.717, 1.165) is 38.8 Å². The molecule has 2 heterocycles. The van der Waals surface area contributed by atoms with Crippen molar-refractivity contribution >= 4 is 5.91 Å². The van der Waals surface area contributed by atoms with Crippen LogP contribution in [0.5, 0.6) is 0 Å². The van der Waals surface area contributed by atoms with Crippen molar-refractivity contribution in [1.29, 1.82) is 0 Å². The smallest absolute Gasteiger partial charge is 0.225 e. The van der Waals surface area contributed by atoms with E-state index in [4.69, 9.17) is 0 Å². The molecule has 1 aliphatic carbocycles. The number of carbonyl (C=O) groups is 1. The summed E-state index contributed by atoms with van der Waals surface area (Å²) in [6.07, 6.45) is 0.529. The second-order valence-corrected chi connectivity index (χ2v) is 7.30. The number of likely N-dealkylation sites (tertiary alicyclic amines) is 2. The van der Waals surface area contributed by atoms with Gasteiger partial charge in [-0.05, 0) is 31.6 Å². The third-order valence-electron chi connectivity index (χ3n) is 5.56. The Morgan fingerprint density at radius 2 is 1.65 bits per heavy atom. The number of rotatable bonds is 4. The highest BCUT2D eigenvalue weighted by atomic mass is 16.4. The summed E-state index contributed by atoms with van der Waals surface area (Å²) in [5.74, 6) is 0.935. The number of β-amino-alcohol motifs (C(OH)–C–C–N with tert-alkyl or cyclic N) is 1. The molecule has 0 aromatic heterocycles. The topological polar surface area (TPSA) is 104 Å². The fourth-order valence-electron chi connectivity index (χ4n) is 3.84. The number of aliphatic hydroxyl groups is 4. The van der Waals surface area contributed by atoms with Crippen LogP contribution in [0.15, 0.2) is 0 Å². The molecule has 4 atom stereocenters. The molecule has 0 radical (unpaired) electrons. The van der Waals surface area contributed by atoms with Gasteiger partial charge in [0.1, 0.15) is 12.2 Å². The van der Waals surface area contributed by atoms with Crippen LogP contribution >= 0.6 is 0 Å². The molecule has 0 aromatic rings. The first-order chi connectivity index (χ1) is 11.0. The maximum atomic E-state index is 12.1. The minimum absolute atomic E-state index is 0.246. The summed E-state index contributed by atoms with van der Waals surface area (Å²) < 4.78 is 0. The van der Waals surface area contributed by atoms with E-state index in [1.54, 1.807) is 0 Å². The Hall–Kier alpha value is -0.730. The molecule has 3 rings (SSSR count). The van der Waals surface area contributed by atoms with Gasteiger partial charge in [-0.25, -0.2) is 0 Å². The van der Waals surface area contributed by atoms with Gasteiger partial charge in [-0.3, -0.25) is 9.69 Å². The molecule has 23 heavy (non-hydrogen) atoms. The molecule has 1 amide bonds. The van der Waals surface area contributed by atoms with Gasteiger partial charge in [0.15, 0.2) is 0 Å². The van der Waals surface area contributed by atoms with E-state index in [1.807, 2.05) is 9.80 Å². The molecule has 2 aliphatic heterocycles. The highest BCUT2D eigenvalue weighted by Crippen LogP contribution is 2.33. The molecule has 0 bridgehead atoms. The van der Waals surface area contributed by atoms with Gasteiger partial charge in [0.25, 0.3) is 0 Å². The molecular formula is C16H28N2O5. The average Bonchev–Trinajstić information content (AvgIpc) is 3.38. The molecule has 4 N–H and O–H groups in total. The van der Waals surface area contributed by atoms with Gasteiger partial charge in [-0.2, -0.15) is 0 Å². The normalized spacial score (nSPS) is 37.1. The Morgan fingerprint density at radius 3 is 2.22 bits per heavy atom. The summed E-state index contributed by atoms with van der Waals surface area (Å²) in [5.41, 5.74) is 0. The van der Waals surface area contributed by atoms with E-state index >= 15 is 0 Å². The summed E-state index contributed by atoms with van der Waals surface area (Å²) in [5, 5.41) is 39.1. The monoisotopic (exact) mass is 328 g/mol. The molecule has 3 aliphatic rings. The van der Waals surface area contributed by atoms with E-state index in [0.29, 0.717) is 18.4 Å². The number of nitrogens with zero attached hydrogens (tertiary/aromatic N) is 2. The van der Waals surface area contributed by atoms with Crippen LogP contribution < -0.4 is 0 Å². The van der Waals surface area contributed by atoms with Crippen LogP contribution in [-0.2, 0) is 4.79 Å². The fourth-order valence-corrected chi connectivity index (χ4v) is 3.84. The second-order valence-electron chi connectivity index (χ2n) is 7.30. The standard InChI is InChI=1S/C16H28N2O5/c19-9-12-14(21)15(22)13(20)8-18(12)7-10-3-5-17(6-4-10)16(23)11-1-2-11/h10-15,19-22H,1-9H2/t12-,13-,14+,15+/m0/s1. The molecule has 0 unspecified atom stereocenters. The summed E-state index contributed by atoms with van der Waals surface area (Å²) >= 11 is 0. The van der Waals surface area contributed by atoms with Gasteiger partial charge in [0, 0.05) is 32.1 Å². The zero-order chi connectivity index (χ0) is 16.6. The number of carbonyl (C=O) groups excluding carboxylic acids is 1. The lowest BCUT2D eigenvalue weighted by atomic mass is 9.90. The van der Waals surface area contributed by atoms with Crippen LogP contribution in [0, 0.1) is 11.8 Å². The van der Waals surface area contributed by atoms with E-state index in [-0.39, 0.29) is 19.1 Å². The lowest BCUT2D eigenvalue weighted by molar-refractivity contribution is -0.148. The minimum atomic E-state index is -1.21. The number of aliphatic hydroxyl groups excluding tert-OH is 4. The van der Waals surface area contributed by atoms with Crippen molar-refractivity contribution in [2.24, 2.45) is 11.8 Å². The van der Waals surface area contributed by atoms with Crippen LogP contribution in [0.25, 0.3) is 0 Å². The molecule has 0 aromatic carbocycles. The van der Waals surface area contributed by atoms with Crippen molar-refractivity contribution in [2.75, 3.05) is 32.8 Å². The third-order valence-corrected chi connectivity index (χ3v) is 5.56. The SMILES string of the molecule is O=C(C1CC1)N1CCC(CN2C[C@H](O)[C@@H](O)[C@H](O)[C@@H]2CO)CC1. The minimum Gasteiger partial charge on any atom is -0.395 e. The molecule has 1 saturated carbocycles. The van der Waals surface area contributed by atoms with Crippen LogP contribution in [0.3, 0.4) is 0 Å². The first kappa shape index (κ1) is 17.1. The molecule has 7 nitrogen and oxygen atoms in total. The van der Waals surface area contributed by atoms with Gasteiger partial charge < -0.3 is 25.3 Å².